The van der Waals surface area contributed by atoms with E-state index in [9.17, 15) is 0 Å². The maximum atomic E-state index is 4.11. The smallest absolute Gasteiger partial charge is 0.0419 e. The van der Waals surface area contributed by atoms with Gasteiger partial charge in [-0.15, -0.1) is 13.2 Å². The molecule has 4 unspecified atom stereocenters. The molecule has 1 heterocycles. The highest BCUT2D eigenvalue weighted by atomic mass is 15.2. The van der Waals surface area contributed by atoms with Crippen LogP contribution in [-0.2, 0) is 0 Å². The van der Waals surface area contributed by atoms with Crippen LogP contribution < -0.4 is 5.32 Å². The normalized spacial score (nSPS) is 27.6. The first-order valence-corrected chi connectivity index (χ1v) is 8.48. The Morgan fingerprint density at radius 3 is 2.43 bits per heavy atom. The van der Waals surface area contributed by atoms with E-state index in [-0.39, 0.29) is 5.41 Å². The number of rotatable bonds is 9. The minimum absolute atomic E-state index is 0.190. The van der Waals surface area contributed by atoms with Gasteiger partial charge in [0, 0.05) is 17.5 Å². The minimum atomic E-state index is 0.190. The Bertz CT molecular complexity index is 406. The summed E-state index contributed by atoms with van der Waals surface area (Å²) in [7, 11) is 0. The fourth-order valence-corrected chi connectivity index (χ4v) is 3.37. The lowest BCUT2D eigenvalue weighted by Crippen LogP contribution is -2.31. The molecule has 0 spiro atoms. The van der Waals surface area contributed by atoms with Gasteiger partial charge in [-0.1, -0.05) is 63.8 Å². The summed E-state index contributed by atoms with van der Waals surface area (Å²) in [4.78, 5) is 0. The first kappa shape index (κ1) is 18.2. The molecule has 1 saturated heterocycles. The van der Waals surface area contributed by atoms with Crippen molar-refractivity contribution in [3.8, 4) is 0 Å². The first-order valence-electron chi connectivity index (χ1n) is 8.48. The van der Waals surface area contributed by atoms with Crippen LogP contribution in [0.4, 0.5) is 0 Å². The summed E-state index contributed by atoms with van der Waals surface area (Å²) in [5.74, 6) is 1.26. The second kappa shape index (κ2) is 7.45. The fraction of sp³-hybridized carbons (Fsp3) is 0.700. The molecule has 1 aliphatic heterocycles. The molecule has 0 bridgehead atoms. The quantitative estimate of drug-likeness (QED) is 0.439. The van der Waals surface area contributed by atoms with E-state index in [1.807, 2.05) is 0 Å². The molecule has 0 aromatic heterocycles. The van der Waals surface area contributed by atoms with Gasteiger partial charge < -0.3 is 5.32 Å². The average Bonchev–Trinajstić information content (AvgIpc) is 3.16. The molecule has 1 aliphatic rings. The van der Waals surface area contributed by atoms with Gasteiger partial charge in [0.25, 0.3) is 0 Å². The van der Waals surface area contributed by atoms with Crippen molar-refractivity contribution in [1.82, 2.24) is 5.32 Å². The summed E-state index contributed by atoms with van der Waals surface area (Å²) < 4.78 is 0. The van der Waals surface area contributed by atoms with E-state index in [1.165, 1.54) is 24.0 Å². The lowest BCUT2D eigenvalue weighted by atomic mass is 9.72. The van der Waals surface area contributed by atoms with Crippen molar-refractivity contribution in [2.45, 2.75) is 72.9 Å². The Morgan fingerprint density at radius 2 is 1.95 bits per heavy atom. The van der Waals surface area contributed by atoms with Crippen molar-refractivity contribution in [3.63, 3.8) is 0 Å². The monoisotopic (exact) mass is 289 g/mol. The van der Waals surface area contributed by atoms with Crippen LogP contribution in [0.15, 0.2) is 36.5 Å². The highest BCUT2D eigenvalue weighted by Crippen LogP contribution is 2.42. The Hall–Kier alpha value is -0.820. The molecule has 0 aromatic carbocycles. The molecule has 0 saturated carbocycles. The van der Waals surface area contributed by atoms with E-state index < -0.39 is 0 Å². The number of hydrogen-bond acceptors (Lipinski definition) is 1. The van der Waals surface area contributed by atoms with Crippen LogP contribution in [0.25, 0.3) is 0 Å². The highest BCUT2D eigenvalue weighted by Gasteiger charge is 2.49. The molecule has 0 aromatic rings. The fourth-order valence-electron chi connectivity index (χ4n) is 3.37. The zero-order valence-electron chi connectivity index (χ0n) is 15.0. The Balaban J connectivity index is 2.70. The van der Waals surface area contributed by atoms with E-state index in [0.717, 1.165) is 6.42 Å². The van der Waals surface area contributed by atoms with E-state index in [1.54, 1.807) is 0 Å². The zero-order chi connectivity index (χ0) is 16.2. The molecule has 1 heteroatoms. The highest BCUT2D eigenvalue weighted by molar-refractivity contribution is 5.25. The molecule has 21 heavy (non-hydrogen) atoms. The molecule has 0 radical (unpaired) electrons. The van der Waals surface area contributed by atoms with Crippen molar-refractivity contribution >= 4 is 0 Å². The van der Waals surface area contributed by atoms with E-state index in [2.05, 4.69) is 72.2 Å². The van der Waals surface area contributed by atoms with Crippen molar-refractivity contribution < 1.29 is 0 Å². The van der Waals surface area contributed by atoms with Gasteiger partial charge in [0.2, 0.25) is 0 Å². The molecular weight excluding hydrogens is 254 g/mol. The van der Waals surface area contributed by atoms with Crippen LogP contribution in [0, 0.1) is 17.3 Å². The number of allylic oxidation sites excluding steroid dienone is 2. The van der Waals surface area contributed by atoms with Crippen LogP contribution in [0.5, 0.6) is 0 Å². The molecule has 1 fully saturated rings. The summed E-state index contributed by atoms with van der Waals surface area (Å²) in [6, 6.07) is 1.06. The Kier molecular flexibility index (Phi) is 6.46. The van der Waals surface area contributed by atoms with Crippen molar-refractivity contribution in [3.05, 3.63) is 36.5 Å². The van der Waals surface area contributed by atoms with Crippen molar-refractivity contribution in [2.75, 3.05) is 0 Å². The van der Waals surface area contributed by atoms with E-state index in [0.29, 0.717) is 23.9 Å². The third-order valence-corrected chi connectivity index (χ3v) is 5.39. The maximum absolute atomic E-state index is 4.11. The second-order valence-electron chi connectivity index (χ2n) is 7.40. The Labute approximate surface area is 132 Å². The minimum Gasteiger partial charge on any atom is -0.304 e. The molecule has 1 nitrogen and oxygen atoms in total. The molecule has 0 aliphatic carbocycles. The lowest BCUT2D eigenvalue weighted by molar-refractivity contribution is 0.251. The summed E-state index contributed by atoms with van der Waals surface area (Å²) >= 11 is 0. The SMILES string of the molecule is C=CC(C)(C(C)CCC)C1N[C@H]1/C=C(\C)C(C)CC(=C)C. The number of hydrogen-bond donors (Lipinski definition) is 1. The first-order chi connectivity index (χ1) is 9.76. The molecule has 0 amide bonds. The second-order valence-corrected chi connectivity index (χ2v) is 7.40. The summed E-state index contributed by atoms with van der Waals surface area (Å²) in [5, 5.41) is 3.67. The number of nitrogens with one attached hydrogen (secondary N) is 1. The predicted molar refractivity (Wildman–Crippen MR) is 95.4 cm³/mol. The van der Waals surface area contributed by atoms with Gasteiger partial charge in [0.1, 0.15) is 0 Å². The third-order valence-electron chi connectivity index (χ3n) is 5.39. The molecular formula is C20H35N. The molecule has 1 rings (SSSR count). The van der Waals surface area contributed by atoms with Gasteiger partial charge in [0.15, 0.2) is 0 Å². The van der Waals surface area contributed by atoms with Gasteiger partial charge in [0.05, 0.1) is 0 Å². The topological polar surface area (TPSA) is 21.9 Å². The third kappa shape index (κ3) is 4.57. The van der Waals surface area contributed by atoms with Gasteiger partial charge in [-0.05, 0) is 32.1 Å². The van der Waals surface area contributed by atoms with Crippen molar-refractivity contribution in [2.24, 2.45) is 17.3 Å². The van der Waals surface area contributed by atoms with Crippen LogP contribution in [0.3, 0.4) is 0 Å². The van der Waals surface area contributed by atoms with Crippen LogP contribution >= 0.6 is 0 Å². The van der Waals surface area contributed by atoms with Crippen LogP contribution in [0.1, 0.15) is 60.8 Å². The largest absolute Gasteiger partial charge is 0.304 e. The summed E-state index contributed by atoms with van der Waals surface area (Å²) in [6.07, 6.45) is 8.20. The average molecular weight is 290 g/mol. The molecule has 1 N–H and O–H groups in total. The van der Waals surface area contributed by atoms with Crippen molar-refractivity contribution in [1.29, 1.82) is 0 Å². The van der Waals surface area contributed by atoms with E-state index >= 15 is 0 Å². The van der Waals surface area contributed by atoms with Gasteiger partial charge in [-0.25, -0.2) is 0 Å². The van der Waals surface area contributed by atoms with Gasteiger partial charge in [-0.2, -0.15) is 0 Å². The van der Waals surface area contributed by atoms with Crippen LogP contribution in [0.2, 0.25) is 0 Å². The maximum Gasteiger partial charge on any atom is 0.0419 e. The Morgan fingerprint density at radius 1 is 1.33 bits per heavy atom. The molecule has 5 atom stereocenters. The van der Waals surface area contributed by atoms with Gasteiger partial charge in [-0.3, -0.25) is 0 Å². The molecule has 120 valence electrons. The van der Waals surface area contributed by atoms with E-state index in [4.69, 9.17) is 0 Å². The predicted octanol–water partition coefficient (Wildman–Crippen LogP) is 5.50. The van der Waals surface area contributed by atoms with Crippen LogP contribution in [-0.4, -0.2) is 12.1 Å². The summed E-state index contributed by atoms with van der Waals surface area (Å²) in [5.41, 5.74) is 2.94. The standard InChI is InChI=1S/C20H35N/c1-9-11-17(7)20(8,10-2)19-18(21-19)13-16(6)15(5)12-14(3)4/h10,13,15,17-19,21H,2-3,9,11-12H2,1,4-8H3/b16-13+/t15?,17?,18-,19?,20?/m0/s1. The van der Waals surface area contributed by atoms with Gasteiger partial charge >= 0.3 is 0 Å². The zero-order valence-corrected chi connectivity index (χ0v) is 15.0. The summed E-state index contributed by atoms with van der Waals surface area (Å²) in [6.45, 7) is 21.8. The lowest BCUT2D eigenvalue weighted by Gasteiger charge is -2.32.